The molecule has 3 rings (SSSR count). The summed E-state index contributed by atoms with van der Waals surface area (Å²) in [6.45, 7) is 6.62. The first-order valence-electron chi connectivity index (χ1n) is 6.17. The van der Waals surface area contributed by atoms with Gasteiger partial charge < -0.3 is 10.6 Å². The molecule has 1 amide bonds. The maximum absolute atomic E-state index is 11.9. The van der Waals surface area contributed by atoms with Crippen molar-refractivity contribution in [2.24, 2.45) is 23.2 Å². The van der Waals surface area contributed by atoms with Crippen LogP contribution in [0.15, 0.2) is 0 Å². The Hall–Kier alpha value is -0.570. The van der Waals surface area contributed by atoms with Crippen LogP contribution in [0.2, 0.25) is 0 Å². The Bertz CT molecular complexity index is 294. The van der Waals surface area contributed by atoms with Gasteiger partial charge in [0.2, 0.25) is 5.91 Å². The first kappa shape index (κ1) is 9.64. The van der Waals surface area contributed by atoms with E-state index in [9.17, 15) is 4.79 Å². The summed E-state index contributed by atoms with van der Waals surface area (Å²) < 4.78 is 0. The fourth-order valence-electron chi connectivity index (χ4n) is 3.10. The number of carbonyl (C=O) groups is 1. The lowest BCUT2D eigenvalue weighted by molar-refractivity contribution is -0.123. The van der Waals surface area contributed by atoms with Crippen LogP contribution in [0.25, 0.3) is 0 Å². The molecule has 15 heavy (non-hydrogen) atoms. The fourth-order valence-corrected chi connectivity index (χ4v) is 3.10. The van der Waals surface area contributed by atoms with Crippen LogP contribution in [0.5, 0.6) is 0 Å². The lowest BCUT2D eigenvalue weighted by atomic mass is 10.0. The fraction of sp³-hybridized carbons (Fsp3) is 0.917. The predicted octanol–water partition coefficient (Wildman–Crippen LogP) is 0.757. The highest BCUT2D eigenvalue weighted by molar-refractivity contribution is 5.83. The van der Waals surface area contributed by atoms with Crippen molar-refractivity contribution in [1.29, 1.82) is 0 Å². The number of carbonyl (C=O) groups excluding carboxylic acids is 1. The Morgan fingerprint density at radius 2 is 2.13 bits per heavy atom. The summed E-state index contributed by atoms with van der Waals surface area (Å²) in [6.07, 6.45) is 2.22. The second kappa shape index (κ2) is 2.97. The van der Waals surface area contributed by atoms with Crippen molar-refractivity contribution in [3.05, 3.63) is 0 Å². The maximum atomic E-state index is 11.9. The van der Waals surface area contributed by atoms with Crippen LogP contribution >= 0.6 is 0 Å². The van der Waals surface area contributed by atoms with Gasteiger partial charge in [-0.05, 0) is 30.1 Å². The lowest BCUT2D eigenvalue weighted by Crippen LogP contribution is -2.34. The van der Waals surface area contributed by atoms with E-state index in [1.807, 2.05) is 0 Å². The summed E-state index contributed by atoms with van der Waals surface area (Å²) in [5.74, 6) is 2.09. The van der Waals surface area contributed by atoms with E-state index in [0.29, 0.717) is 23.3 Å². The zero-order valence-corrected chi connectivity index (χ0v) is 9.55. The molecule has 0 bridgehead atoms. The number of fused-ring (bicyclic) bond motifs is 1. The molecule has 0 radical (unpaired) electrons. The van der Waals surface area contributed by atoms with Crippen molar-refractivity contribution in [2.75, 3.05) is 13.1 Å². The molecule has 0 spiro atoms. The molecule has 1 aliphatic heterocycles. The number of hydrogen-bond acceptors (Lipinski definition) is 2. The molecule has 3 nitrogen and oxygen atoms in total. The molecule has 2 aliphatic carbocycles. The summed E-state index contributed by atoms with van der Waals surface area (Å²) in [7, 11) is 0. The van der Waals surface area contributed by atoms with E-state index >= 15 is 0 Å². The van der Waals surface area contributed by atoms with Gasteiger partial charge in [-0.25, -0.2) is 0 Å². The maximum Gasteiger partial charge on any atom is 0.223 e. The minimum Gasteiger partial charge on any atom is -0.352 e. The van der Waals surface area contributed by atoms with E-state index < -0.39 is 0 Å². The highest BCUT2D eigenvalue weighted by Crippen LogP contribution is 2.55. The van der Waals surface area contributed by atoms with E-state index in [2.05, 4.69) is 24.5 Å². The minimum atomic E-state index is 0.303. The second-order valence-electron chi connectivity index (χ2n) is 5.78. The Labute approximate surface area is 91.0 Å². The van der Waals surface area contributed by atoms with Gasteiger partial charge in [-0.15, -0.1) is 0 Å². The number of piperidine rings is 1. The Balaban J connectivity index is 1.51. The Kier molecular flexibility index (Phi) is 1.91. The lowest BCUT2D eigenvalue weighted by Gasteiger charge is -2.10. The van der Waals surface area contributed by atoms with Crippen molar-refractivity contribution in [3.8, 4) is 0 Å². The SMILES string of the molecule is CCC1(C)CC1C(=O)NC1C2CNCC21. The molecular formula is C12H20N2O. The zero-order valence-electron chi connectivity index (χ0n) is 9.55. The van der Waals surface area contributed by atoms with Crippen molar-refractivity contribution in [1.82, 2.24) is 10.6 Å². The number of rotatable bonds is 3. The molecule has 1 heterocycles. The highest BCUT2D eigenvalue weighted by Gasteiger charge is 2.57. The Morgan fingerprint density at radius 1 is 1.47 bits per heavy atom. The number of hydrogen-bond donors (Lipinski definition) is 2. The topological polar surface area (TPSA) is 41.1 Å². The van der Waals surface area contributed by atoms with Gasteiger partial charge in [0.15, 0.2) is 0 Å². The molecule has 3 aliphatic rings. The van der Waals surface area contributed by atoms with Crippen LogP contribution in [0, 0.1) is 23.2 Å². The summed E-state index contributed by atoms with van der Waals surface area (Å²) in [5.41, 5.74) is 0.312. The van der Waals surface area contributed by atoms with Gasteiger partial charge in [-0.1, -0.05) is 13.8 Å². The molecule has 3 heteroatoms. The van der Waals surface area contributed by atoms with E-state index in [1.165, 1.54) is 0 Å². The average Bonchev–Trinajstić information content (AvgIpc) is 3.01. The van der Waals surface area contributed by atoms with Gasteiger partial charge in [0, 0.05) is 25.0 Å². The van der Waals surface area contributed by atoms with Crippen LogP contribution in [0.1, 0.15) is 26.7 Å². The molecule has 2 saturated carbocycles. The summed E-state index contributed by atoms with van der Waals surface area (Å²) in [5, 5.41) is 6.57. The first-order chi connectivity index (χ1) is 7.15. The highest BCUT2D eigenvalue weighted by atomic mass is 16.2. The van der Waals surface area contributed by atoms with Crippen molar-refractivity contribution in [2.45, 2.75) is 32.7 Å². The number of nitrogens with one attached hydrogen (secondary N) is 2. The minimum absolute atomic E-state index is 0.303. The molecule has 1 saturated heterocycles. The van der Waals surface area contributed by atoms with Gasteiger partial charge in [-0.3, -0.25) is 4.79 Å². The molecule has 84 valence electrons. The van der Waals surface area contributed by atoms with Crippen LogP contribution in [-0.4, -0.2) is 25.0 Å². The largest absolute Gasteiger partial charge is 0.352 e. The van der Waals surface area contributed by atoms with Gasteiger partial charge in [-0.2, -0.15) is 0 Å². The summed E-state index contributed by atoms with van der Waals surface area (Å²) in [4.78, 5) is 11.9. The predicted molar refractivity (Wildman–Crippen MR) is 58.3 cm³/mol. The molecule has 0 aromatic heterocycles. The average molecular weight is 208 g/mol. The van der Waals surface area contributed by atoms with Crippen molar-refractivity contribution in [3.63, 3.8) is 0 Å². The molecule has 0 aromatic rings. The quantitative estimate of drug-likeness (QED) is 0.719. The van der Waals surface area contributed by atoms with Crippen LogP contribution in [-0.2, 0) is 4.79 Å². The zero-order chi connectivity index (χ0) is 10.6. The van der Waals surface area contributed by atoms with Gasteiger partial charge in [0.1, 0.15) is 0 Å². The van der Waals surface area contributed by atoms with E-state index in [-0.39, 0.29) is 0 Å². The van der Waals surface area contributed by atoms with Gasteiger partial charge >= 0.3 is 0 Å². The number of amides is 1. The first-order valence-corrected chi connectivity index (χ1v) is 6.17. The normalized spacial score (nSPS) is 51.1. The van der Waals surface area contributed by atoms with E-state index in [0.717, 1.165) is 37.8 Å². The standard InChI is InChI=1S/C12H20N2O/c1-3-12(2)4-9(12)11(15)14-10-7-5-13-6-8(7)10/h7-10,13H,3-6H2,1-2H3,(H,14,15). The van der Waals surface area contributed by atoms with Crippen molar-refractivity contribution >= 4 is 5.91 Å². The van der Waals surface area contributed by atoms with Crippen LogP contribution in [0.3, 0.4) is 0 Å². The molecule has 3 fully saturated rings. The third kappa shape index (κ3) is 1.40. The molecule has 2 N–H and O–H groups in total. The van der Waals surface area contributed by atoms with E-state index in [1.54, 1.807) is 0 Å². The van der Waals surface area contributed by atoms with E-state index in [4.69, 9.17) is 0 Å². The van der Waals surface area contributed by atoms with Gasteiger partial charge in [0.05, 0.1) is 0 Å². The monoisotopic (exact) mass is 208 g/mol. The molecule has 4 unspecified atom stereocenters. The van der Waals surface area contributed by atoms with Crippen molar-refractivity contribution < 1.29 is 4.79 Å². The molecular weight excluding hydrogens is 188 g/mol. The third-order valence-electron chi connectivity index (χ3n) is 4.88. The van der Waals surface area contributed by atoms with Crippen LogP contribution in [0.4, 0.5) is 0 Å². The van der Waals surface area contributed by atoms with Gasteiger partial charge in [0.25, 0.3) is 0 Å². The third-order valence-corrected chi connectivity index (χ3v) is 4.88. The summed E-state index contributed by atoms with van der Waals surface area (Å²) >= 11 is 0. The molecule has 0 aromatic carbocycles. The Morgan fingerprint density at radius 3 is 2.67 bits per heavy atom. The second-order valence-corrected chi connectivity index (χ2v) is 5.78. The molecule has 4 atom stereocenters. The smallest absolute Gasteiger partial charge is 0.223 e. The summed E-state index contributed by atoms with van der Waals surface area (Å²) in [6, 6.07) is 0.500. The van der Waals surface area contributed by atoms with Crippen LogP contribution < -0.4 is 10.6 Å².